The van der Waals surface area contributed by atoms with Crippen LogP contribution in [0.4, 0.5) is 0 Å². The van der Waals surface area contributed by atoms with Gasteiger partial charge in [0.15, 0.2) is 11.5 Å². The smallest absolute Gasteiger partial charge is 0.308 e. The molecule has 220 valence electrons. The molecule has 10 nitrogen and oxygen atoms in total. The lowest BCUT2D eigenvalue weighted by atomic mass is 9.84. The Morgan fingerprint density at radius 2 is 1.88 bits per heavy atom. The molecule has 3 N–H and O–H groups in total. The molecule has 3 aliphatic rings. The zero-order valence-electron chi connectivity index (χ0n) is 23.7. The number of carboxylic acids is 1. The molecule has 0 spiro atoms. The summed E-state index contributed by atoms with van der Waals surface area (Å²) < 4.78 is 11.0. The Bertz CT molecular complexity index is 1260. The monoisotopic (exact) mass is 564 g/mol. The summed E-state index contributed by atoms with van der Waals surface area (Å²) in [5.41, 5.74) is 8.27. The minimum atomic E-state index is -0.908. The van der Waals surface area contributed by atoms with E-state index in [4.69, 9.17) is 15.2 Å². The Morgan fingerprint density at radius 3 is 2.63 bits per heavy atom. The molecule has 3 aliphatic heterocycles. The topological polar surface area (TPSA) is 126 Å². The highest BCUT2D eigenvalue weighted by molar-refractivity contribution is 5.98. The number of amides is 2. The van der Waals surface area contributed by atoms with E-state index >= 15 is 0 Å². The highest BCUT2D eigenvalue weighted by Gasteiger charge is 2.47. The first-order valence-corrected chi connectivity index (χ1v) is 14.6. The first-order valence-electron chi connectivity index (χ1n) is 14.6. The van der Waals surface area contributed by atoms with Gasteiger partial charge < -0.3 is 30.1 Å². The van der Waals surface area contributed by atoms with Gasteiger partial charge in [-0.15, -0.1) is 0 Å². The zero-order chi connectivity index (χ0) is 28.9. The Labute approximate surface area is 241 Å². The molecule has 1 saturated heterocycles. The van der Waals surface area contributed by atoms with Crippen molar-refractivity contribution in [3.63, 3.8) is 0 Å². The maximum atomic E-state index is 13.6. The van der Waals surface area contributed by atoms with E-state index in [1.165, 1.54) is 0 Å². The molecule has 3 heterocycles. The van der Waals surface area contributed by atoms with Crippen LogP contribution in [0.5, 0.6) is 11.5 Å². The van der Waals surface area contributed by atoms with Gasteiger partial charge >= 0.3 is 5.97 Å². The second kappa shape index (κ2) is 12.9. The number of aliphatic carboxylic acids is 1. The van der Waals surface area contributed by atoms with E-state index in [1.54, 1.807) is 4.90 Å². The van der Waals surface area contributed by atoms with Gasteiger partial charge in [-0.2, -0.15) is 0 Å². The van der Waals surface area contributed by atoms with Gasteiger partial charge in [-0.1, -0.05) is 37.6 Å². The molecule has 1 fully saturated rings. The standard InChI is InChI=1S/C31H40N4O6/c1-2-3-13-33(14-6-12-32)28(36)19-35-18-24(21-9-10-26-27(16-21)41-20-40-26)29(31(38)39)25(35)11-15-34-17-22-7-4-5-8-23(22)30(34)37/h4-5,7-10,16,24-25,29H,2-3,6,11-15,17-20,32H2,1H3,(H,38,39). The highest BCUT2D eigenvalue weighted by Crippen LogP contribution is 2.43. The number of likely N-dealkylation sites (tertiary alicyclic amines) is 1. The predicted octanol–water partition coefficient (Wildman–Crippen LogP) is 2.91. The molecule has 3 unspecified atom stereocenters. The fraction of sp³-hybridized carbons (Fsp3) is 0.516. The molecule has 0 saturated carbocycles. The van der Waals surface area contributed by atoms with Crippen molar-refractivity contribution in [2.75, 3.05) is 46.1 Å². The summed E-state index contributed by atoms with van der Waals surface area (Å²) in [6, 6.07) is 12.7. The maximum absolute atomic E-state index is 13.6. The number of nitrogens with zero attached hydrogens (tertiary/aromatic N) is 3. The van der Waals surface area contributed by atoms with Crippen LogP contribution in [0.15, 0.2) is 42.5 Å². The van der Waals surface area contributed by atoms with Crippen molar-refractivity contribution < 1.29 is 29.0 Å². The van der Waals surface area contributed by atoms with E-state index in [1.807, 2.05) is 52.3 Å². The van der Waals surface area contributed by atoms with Crippen LogP contribution in [0.1, 0.15) is 60.0 Å². The summed E-state index contributed by atoms with van der Waals surface area (Å²) in [5.74, 6) is -0.818. The lowest BCUT2D eigenvalue weighted by Crippen LogP contribution is -2.46. The lowest BCUT2D eigenvalue weighted by Gasteiger charge is -2.30. The number of ether oxygens (including phenoxy) is 2. The number of carboxylic acid groups (broad SMARTS) is 1. The number of fused-ring (bicyclic) bond motifs is 2. The molecular formula is C31H40N4O6. The minimum Gasteiger partial charge on any atom is -0.481 e. The SMILES string of the molecule is CCCCN(CCCN)C(=O)CN1CC(c2ccc3c(c2)OCO3)C(C(=O)O)C1CCN1Cc2ccccc2C1=O. The fourth-order valence-corrected chi connectivity index (χ4v) is 6.38. The summed E-state index contributed by atoms with van der Waals surface area (Å²) in [7, 11) is 0. The average molecular weight is 565 g/mol. The number of hydrogen-bond donors (Lipinski definition) is 2. The van der Waals surface area contributed by atoms with Gasteiger partial charge in [-0.25, -0.2) is 0 Å². The van der Waals surface area contributed by atoms with Crippen molar-refractivity contribution in [2.45, 2.75) is 51.1 Å². The number of carbonyl (C=O) groups is 3. The third kappa shape index (κ3) is 6.18. The number of carbonyl (C=O) groups excluding carboxylic acids is 2. The van der Waals surface area contributed by atoms with Gasteiger partial charge in [0.2, 0.25) is 12.7 Å². The number of unbranched alkanes of at least 4 members (excludes halogenated alkanes) is 1. The van der Waals surface area contributed by atoms with Crippen LogP contribution < -0.4 is 15.2 Å². The Morgan fingerprint density at radius 1 is 1.10 bits per heavy atom. The van der Waals surface area contributed by atoms with Crippen molar-refractivity contribution in [1.82, 2.24) is 14.7 Å². The van der Waals surface area contributed by atoms with Gasteiger partial charge in [0.25, 0.3) is 5.91 Å². The maximum Gasteiger partial charge on any atom is 0.308 e. The van der Waals surface area contributed by atoms with E-state index in [9.17, 15) is 19.5 Å². The summed E-state index contributed by atoms with van der Waals surface area (Å²) in [6.07, 6.45) is 3.03. The van der Waals surface area contributed by atoms with E-state index in [0.29, 0.717) is 69.2 Å². The Balaban J connectivity index is 1.39. The van der Waals surface area contributed by atoms with Crippen LogP contribution in [0.3, 0.4) is 0 Å². The third-order valence-electron chi connectivity index (χ3n) is 8.55. The Kier molecular flexibility index (Phi) is 9.09. The largest absolute Gasteiger partial charge is 0.481 e. The lowest BCUT2D eigenvalue weighted by molar-refractivity contribution is -0.144. The molecule has 41 heavy (non-hydrogen) atoms. The molecule has 0 bridgehead atoms. The van der Waals surface area contributed by atoms with Crippen LogP contribution >= 0.6 is 0 Å². The second-order valence-electron chi connectivity index (χ2n) is 11.1. The van der Waals surface area contributed by atoms with Gasteiger partial charge in [0, 0.05) is 50.2 Å². The first kappa shape index (κ1) is 28.9. The van der Waals surface area contributed by atoms with Crippen LogP contribution in [0, 0.1) is 5.92 Å². The molecular weight excluding hydrogens is 524 g/mol. The van der Waals surface area contributed by atoms with Crippen LogP contribution in [0.2, 0.25) is 0 Å². The molecule has 0 aromatic heterocycles. The summed E-state index contributed by atoms with van der Waals surface area (Å²) in [5, 5.41) is 10.5. The molecule has 2 amide bonds. The van der Waals surface area contributed by atoms with E-state index in [-0.39, 0.29) is 31.1 Å². The molecule has 0 radical (unpaired) electrons. The normalized spacial score (nSPS) is 21.4. The van der Waals surface area contributed by atoms with Crippen LogP contribution in [-0.2, 0) is 16.1 Å². The van der Waals surface area contributed by atoms with Gasteiger partial charge in [0.05, 0.1) is 12.5 Å². The van der Waals surface area contributed by atoms with Gasteiger partial charge in [0.1, 0.15) is 0 Å². The number of nitrogens with two attached hydrogens (primary N) is 1. The molecule has 0 aliphatic carbocycles. The Hall–Kier alpha value is -3.63. The predicted molar refractivity (Wildman–Crippen MR) is 153 cm³/mol. The molecule has 5 rings (SSSR count). The van der Waals surface area contributed by atoms with E-state index in [0.717, 1.165) is 24.0 Å². The molecule has 2 aromatic rings. The summed E-state index contributed by atoms with van der Waals surface area (Å²) in [4.78, 5) is 45.2. The van der Waals surface area contributed by atoms with Crippen molar-refractivity contribution in [3.8, 4) is 11.5 Å². The minimum absolute atomic E-state index is 0.0166. The van der Waals surface area contributed by atoms with Crippen molar-refractivity contribution in [3.05, 3.63) is 59.2 Å². The van der Waals surface area contributed by atoms with Crippen molar-refractivity contribution in [2.24, 2.45) is 11.7 Å². The first-order chi connectivity index (χ1) is 19.9. The van der Waals surface area contributed by atoms with Crippen LogP contribution in [-0.4, -0.2) is 89.7 Å². The van der Waals surface area contributed by atoms with Gasteiger partial charge in [-0.05, 0) is 55.1 Å². The van der Waals surface area contributed by atoms with Crippen molar-refractivity contribution in [1.29, 1.82) is 0 Å². The number of hydrogen-bond acceptors (Lipinski definition) is 7. The quantitative estimate of drug-likeness (QED) is 0.381. The summed E-state index contributed by atoms with van der Waals surface area (Å²) >= 11 is 0. The number of rotatable bonds is 13. The zero-order valence-corrected chi connectivity index (χ0v) is 23.7. The third-order valence-corrected chi connectivity index (χ3v) is 8.55. The van der Waals surface area contributed by atoms with E-state index < -0.39 is 17.9 Å². The fourth-order valence-electron chi connectivity index (χ4n) is 6.38. The summed E-state index contributed by atoms with van der Waals surface area (Å²) in [6.45, 7) is 5.43. The highest BCUT2D eigenvalue weighted by atomic mass is 16.7. The average Bonchev–Trinajstić information content (AvgIpc) is 3.67. The van der Waals surface area contributed by atoms with Crippen molar-refractivity contribution >= 4 is 17.8 Å². The molecule has 10 heteroatoms. The molecule has 2 aromatic carbocycles. The van der Waals surface area contributed by atoms with Crippen LogP contribution in [0.25, 0.3) is 0 Å². The van der Waals surface area contributed by atoms with E-state index in [2.05, 4.69) is 6.92 Å². The number of benzene rings is 2. The second-order valence-corrected chi connectivity index (χ2v) is 11.1. The molecule has 3 atom stereocenters. The van der Waals surface area contributed by atoms with Gasteiger partial charge in [-0.3, -0.25) is 19.3 Å².